The van der Waals surface area contributed by atoms with E-state index in [1.54, 1.807) is 11.3 Å². The van der Waals surface area contributed by atoms with Gasteiger partial charge in [0, 0.05) is 16.5 Å². The van der Waals surface area contributed by atoms with Gasteiger partial charge in [0.2, 0.25) is 0 Å². The van der Waals surface area contributed by atoms with Gasteiger partial charge in [-0.1, -0.05) is 11.2 Å². The molecule has 1 fully saturated rings. The number of rotatable bonds is 4. The molecule has 3 aromatic heterocycles. The molecule has 4 rings (SSSR count). The van der Waals surface area contributed by atoms with Crippen molar-refractivity contribution in [3.05, 3.63) is 45.4 Å². The number of nitrogens with one attached hydrogen (secondary N) is 1. The number of aromatic nitrogens is 2. The average Bonchev–Trinajstić information content (AvgIpc) is 3.11. The van der Waals surface area contributed by atoms with Gasteiger partial charge in [-0.25, -0.2) is 4.98 Å². The predicted octanol–water partition coefficient (Wildman–Crippen LogP) is 3.96. The molecule has 1 aliphatic rings. The van der Waals surface area contributed by atoms with Gasteiger partial charge < -0.3 is 9.84 Å². The zero-order valence-corrected chi connectivity index (χ0v) is 13.8. The summed E-state index contributed by atoms with van der Waals surface area (Å²) in [7, 11) is 0. The van der Waals surface area contributed by atoms with Gasteiger partial charge in [0.05, 0.1) is 22.7 Å². The Morgan fingerprint density at radius 1 is 1.48 bits per heavy atom. The van der Waals surface area contributed by atoms with Crippen LogP contribution in [0.3, 0.4) is 0 Å². The van der Waals surface area contributed by atoms with Gasteiger partial charge in [-0.2, -0.15) is 0 Å². The lowest BCUT2D eigenvalue weighted by Gasteiger charge is -2.13. The maximum absolute atomic E-state index is 12.8. The average molecular weight is 327 g/mol. The summed E-state index contributed by atoms with van der Waals surface area (Å²) < 4.78 is 5.30. The minimum Gasteiger partial charge on any atom is -0.345 e. The van der Waals surface area contributed by atoms with Gasteiger partial charge >= 0.3 is 0 Å². The van der Waals surface area contributed by atoms with Crippen LogP contribution in [0.5, 0.6) is 0 Å². The largest absolute Gasteiger partial charge is 0.345 e. The van der Waals surface area contributed by atoms with Gasteiger partial charge in [-0.05, 0) is 44.2 Å². The van der Waals surface area contributed by atoms with Gasteiger partial charge in [0.15, 0.2) is 0 Å². The van der Waals surface area contributed by atoms with Crippen LogP contribution in [0, 0.1) is 6.92 Å². The van der Waals surface area contributed by atoms with E-state index in [0.717, 1.165) is 23.4 Å². The van der Waals surface area contributed by atoms with Gasteiger partial charge in [-0.15, -0.1) is 11.3 Å². The molecule has 118 valence electrons. The number of aryl methyl sites for hydroxylation is 1. The number of hydrogen-bond acceptors (Lipinski definition) is 5. The summed E-state index contributed by atoms with van der Waals surface area (Å²) in [4.78, 5) is 18.5. The molecule has 1 aliphatic carbocycles. The van der Waals surface area contributed by atoms with Crippen LogP contribution in [-0.4, -0.2) is 16.0 Å². The van der Waals surface area contributed by atoms with Gasteiger partial charge in [0.25, 0.3) is 11.6 Å². The Balaban J connectivity index is 1.71. The van der Waals surface area contributed by atoms with E-state index in [1.165, 1.54) is 0 Å². The number of hydrogen-bond donors (Lipinski definition) is 1. The molecule has 3 heterocycles. The molecule has 1 amide bonds. The van der Waals surface area contributed by atoms with E-state index in [9.17, 15) is 4.79 Å². The molecule has 5 nitrogen and oxygen atoms in total. The zero-order chi connectivity index (χ0) is 16.0. The van der Waals surface area contributed by atoms with Crippen LogP contribution in [0.2, 0.25) is 0 Å². The van der Waals surface area contributed by atoms with Crippen molar-refractivity contribution in [1.82, 2.24) is 15.5 Å². The van der Waals surface area contributed by atoms with Crippen LogP contribution in [0.4, 0.5) is 0 Å². The highest BCUT2D eigenvalue weighted by Crippen LogP contribution is 2.40. The third kappa shape index (κ3) is 2.63. The molecule has 0 radical (unpaired) electrons. The normalized spacial score (nSPS) is 15.7. The molecule has 0 aromatic carbocycles. The maximum atomic E-state index is 12.8. The quantitative estimate of drug-likeness (QED) is 0.787. The Labute approximate surface area is 137 Å². The Morgan fingerprint density at radius 3 is 3.00 bits per heavy atom. The molecular formula is C17H17N3O2S. The monoisotopic (exact) mass is 327 g/mol. The van der Waals surface area contributed by atoms with E-state index >= 15 is 0 Å². The number of fused-ring (bicyclic) bond motifs is 1. The van der Waals surface area contributed by atoms with E-state index in [2.05, 4.69) is 15.5 Å². The fourth-order valence-corrected chi connectivity index (χ4v) is 3.50. The first-order valence-electron chi connectivity index (χ1n) is 7.74. The van der Waals surface area contributed by atoms with Crippen molar-refractivity contribution in [2.75, 3.05) is 0 Å². The molecule has 1 atom stereocenters. The third-order valence-corrected chi connectivity index (χ3v) is 5.25. The van der Waals surface area contributed by atoms with Gasteiger partial charge in [-0.3, -0.25) is 4.79 Å². The molecule has 0 aliphatic heterocycles. The van der Waals surface area contributed by atoms with Crippen LogP contribution in [-0.2, 0) is 0 Å². The molecule has 0 bridgehead atoms. The highest BCUT2D eigenvalue weighted by molar-refractivity contribution is 7.10. The summed E-state index contributed by atoms with van der Waals surface area (Å²) in [5.74, 6) is 0.345. The minimum absolute atomic E-state index is 0.0322. The summed E-state index contributed by atoms with van der Waals surface area (Å²) >= 11 is 1.64. The summed E-state index contributed by atoms with van der Waals surface area (Å²) in [5.41, 5.74) is 2.70. The van der Waals surface area contributed by atoms with Crippen molar-refractivity contribution in [3.63, 3.8) is 0 Å². The summed E-state index contributed by atoms with van der Waals surface area (Å²) in [6.07, 6.45) is 2.25. The fraction of sp³-hybridized carbons (Fsp3) is 0.353. The second kappa shape index (κ2) is 5.45. The highest BCUT2D eigenvalue weighted by atomic mass is 32.1. The van der Waals surface area contributed by atoms with Crippen molar-refractivity contribution in [2.24, 2.45) is 0 Å². The van der Waals surface area contributed by atoms with E-state index in [1.807, 2.05) is 37.4 Å². The van der Waals surface area contributed by atoms with Crippen molar-refractivity contribution < 1.29 is 9.32 Å². The molecule has 1 saturated carbocycles. The van der Waals surface area contributed by atoms with Crippen molar-refractivity contribution >= 4 is 28.3 Å². The molecule has 6 heteroatoms. The van der Waals surface area contributed by atoms with Crippen LogP contribution in [0.25, 0.3) is 11.1 Å². The van der Waals surface area contributed by atoms with Crippen LogP contribution >= 0.6 is 11.3 Å². The van der Waals surface area contributed by atoms with Gasteiger partial charge in [0.1, 0.15) is 0 Å². The number of carbonyl (C=O) groups excluding carboxylic acids is 1. The maximum Gasteiger partial charge on any atom is 0.259 e. The Hall–Kier alpha value is -2.21. The molecular weight excluding hydrogens is 310 g/mol. The Morgan fingerprint density at radius 2 is 2.30 bits per heavy atom. The lowest BCUT2D eigenvalue weighted by molar-refractivity contribution is 0.0942. The molecule has 3 aromatic rings. The number of nitrogens with zero attached hydrogens (tertiary/aromatic N) is 2. The van der Waals surface area contributed by atoms with Crippen molar-refractivity contribution in [2.45, 2.75) is 38.6 Å². The topological polar surface area (TPSA) is 68.0 Å². The number of thiophene rings is 1. The second-order valence-corrected chi connectivity index (χ2v) is 7.01. The fourth-order valence-electron chi connectivity index (χ4n) is 2.76. The number of amides is 1. The van der Waals surface area contributed by atoms with E-state index in [-0.39, 0.29) is 11.9 Å². The Bertz CT molecular complexity index is 865. The zero-order valence-electron chi connectivity index (χ0n) is 13.0. The minimum atomic E-state index is -0.105. The standard InChI is InChI=1S/C17H17N3O2S/c1-9(14-4-3-7-23-14)18-16(21)12-8-13(11-5-6-11)19-17-15(12)10(2)20-22-17/h3-4,7-9,11H,5-6H2,1-2H3,(H,18,21). The Kier molecular flexibility index (Phi) is 3.41. The second-order valence-electron chi connectivity index (χ2n) is 6.03. The van der Waals surface area contributed by atoms with E-state index in [0.29, 0.717) is 28.3 Å². The third-order valence-electron chi connectivity index (χ3n) is 4.19. The summed E-state index contributed by atoms with van der Waals surface area (Å²) in [5, 5.41) is 9.77. The SMILES string of the molecule is Cc1noc2nc(C3CC3)cc(C(=O)NC(C)c3cccs3)c12. The number of carbonyl (C=O) groups is 1. The lowest BCUT2D eigenvalue weighted by Crippen LogP contribution is -2.26. The first-order chi connectivity index (χ1) is 11.1. The molecule has 1 N–H and O–H groups in total. The number of pyridine rings is 1. The molecule has 23 heavy (non-hydrogen) atoms. The molecule has 1 unspecified atom stereocenters. The van der Waals surface area contributed by atoms with E-state index in [4.69, 9.17) is 4.52 Å². The predicted molar refractivity (Wildman–Crippen MR) is 88.7 cm³/mol. The van der Waals surface area contributed by atoms with Crippen molar-refractivity contribution in [3.8, 4) is 0 Å². The lowest BCUT2D eigenvalue weighted by atomic mass is 10.1. The first kappa shape index (κ1) is 14.4. The molecule has 0 saturated heterocycles. The highest BCUT2D eigenvalue weighted by Gasteiger charge is 2.29. The summed E-state index contributed by atoms with van der Waals surface area (Å²) in [6.45, 7) is 3.83. The smallest absolute Gasteiger partial charge is 0.259 e. The molecule has 0 spiro atoms. The van der Waals surface area contributed by atoms with Crippen molar-refractivity contribution in [1.29, 1.82) is 0 Å². The first-order valence-corrected chi connectivity index (χ1v) is 8.62. The van der Waals surface area contributed by atoms with Crippen LogP contribution < -0.4 is 5.32 Å². The van der Waals surface area contributed by atoms with Crippen LogP contribution in [0.1, 0.15) is 58.3 Å². The summed E-state index contributed by atoms with van der Waals surface area (Å²) in [6, 6.07) is 5.89. The van der Waals surface area contributed by atoms with E-state index < -0.39 is 0 Å². The van der Waals surface area contributed by atoms with Crippen LogP contribution in [0.15, 0.2) is 28.1 Å².